The second-order valence-electron chi connectivity index (χ2n) is 7.41. The molecule has 1 amide bonds. The predicted molar refractivity (Wildman–Crippen MR) is 114 cm³/mol. The topological polar surface area (TPSA) is 41.1 Å². The molecule has 0 spiro atoms. The molecule has 27 heavy (non-hydrogen) atoms. The van der Waals surface area contributed by atoms with E-state index >= 15 is 0 Å². The van der Waals surface area contributed by atoms with Crippen LogP contribution in [0.2, 0.25) is 0 Å². The van der Waals surface area contributed by atoms with E-state index in [1.165, 1.54) is 21.9 Å². The largest absolute Gasteiger partial charge is 0.324 e. The number of rotatable bonds is 6. The highest BCUT2D eigenvalue weighted by Gasteiger charge is 2.14. The van der Waals surface area contributed by atoms with Crippen molar-refractivity contribution >= 4 is 22.4 Å². The summed E-state index contributed by atoms with van der Waals surface area (Å²) in [5, 5.41) is 8.91. The number of para-hydroxylation sites is 1. The Labute approximate surface area is 161 Å². The average molecular weight is 361 g/mol. The first-order valence-corrected chi connectivity index (χ1v) is 9.57. The number of carbonyl (C=O) groups excluding carboxylic acids is 1. The zero-order valence-corrected chi connectivity index (χ0v) is 16.5. The fourth-order valence-electron chi connectivity index (χ4n) is 3.51. The lowest BCUT2D eigenvalue weighted by Gasteiger charge is -2.19. The summed E-state index contributed by atoms with van der Waals surface area (Å²) in [6.45, 7) is 8.70. The lowest BCUT2D eigenvalue weighted by molar-refractivity contribution is -0.115. The minimum Gasteiger partial charge on any atom is -0.324 e. The van der Waals surface area contributed by atoms with Crippen LogP contribution in [0.3, 0.4) is 0 Å². The molecule has 0 radical (unpaired) electrons. The first-order valence-electron chi connectivity index (χ1n) is 9.57. The Balaban J connectivity index is 1.69. The molecule has 1 atom stereocenters. The van der Waals surface area contributed by atoms with E-state index in [2.05, 4.69) is 73.9 Å². The van der Waals surface area contributed by atoms with Crippen LogP contribution in [-0.2, 0) is 4.79 Å². The van der Waals surface area contributed by atoms with Gasteiger partial charge in [-0.3, -0.25) is 4.79 Å². The summed E-state index contributed by atoms with van der Waals surface area (Å²) in [6, 6.07) is 20.9. The number of anilines is 1. The number of hydrogen-bond acceptors (Lipinski definition) is 2. The van der Waals surface area contributed by atoms with Gasteiger partial charge in [0, 0.05) is 11.7 Å². The van der Waals surface area contributed by atoms with Gasteiger partial charge in [-0.1, -0.05) is 74.5 Å². The van der Waals surface area contributed by atoms with Gasteiger partial charge in [0.05, 0.1) is 6.54 Å². The van der Waals surface area contributed by atoms with Gasteiger partial charge >= 0.3 is 0 Å². The van der Waals surface area contributed by atoms with Crippen molar-refractivity contribution in [1.29, 1.82) is 0 Å². The van der Waals surface area contributed by atoms with Gasteiger partial charge in [0.15, 0.2) is 0 Å². The van der Waals surface area contributed by atoms with Crippen LogP contribution in [0, 0.1) is 6.92 Å². The molecule has 140 valence electrons. The van der Waals surface area contributed by atoms with Gasteiger partial charge in [-0.15, -0.1) is 0 Å². The molecular weight excluding hydrogens is 332 g/mol. The van der Waals surface area contributed by atoms with Gasteiger partial charge in [0.1, 0.15) is 0 Å². The molecule has 3 aromatic rings. The lowest BCUT2D eigenvalue weighted by atomic mass is 9.98. The van der Waals surface area contributed by atoms with Crippen molar-refractivity contribution in [3.63, 3.8) is 0 Å². The summed E-state index contributed by atoms with van der Waals surface area (Å²) in [4.78, 5) is 12.6. The summed E-state index contributed by atoms with van der Waals surface area (Å²) in [5.41, 5.74) is 4.42. The number of amides is 1. The Morgan fingerprint density at radius 3 is 2.33 bits per heavy atom. The van der Waals surface area contributed by atoms with E-state index in [1.54, 1.807) is 0 Å². The highest BCUT2D eigenvalue weighted by molar-refractivity contribution is 5.94. The highest BCUT2D eigenvalue weighted by atomic mass is 16.1. The predicted octanol–water partition coefficient (Wildman–Crippen LogP) is 5.56. The smallest absolute Gasteiger partial charge is 0.238 e. The molecule has 0 saturated heterocycles. The molecule has 3 aromatic carbocycles. The van der Waals surface area contributed by atoms with Crippen molar-refractivity contribution in [2.45, 2.75) is 39.7 Å². The van der Waals surface area contributed by atoms with Crippen LogP contribution in [0.5, 0.6) is 0 Å². The quantitative estimate of drug-likeness (QED) is 0.604. The molecule has 0 fully saturated rings. The Morgan fingerprint density at radius 2 is 1.56 bits per heavy atom. The number of aryl methyl sites for hydroxylation is 1. The average Bonchev–Trinajstić information content (AvgIpc) is 2.67. The highest BCUT2D eigenvalue weighted by Crippen LogP contribution is 2.27. The third-order valence-electron chi connectivity index (χ3n) is 5.05. The van der Waals surface area contributed by atoms with E-state index in [-0.39, 0.29) is 18.5 Å². The first-order chi connectivity index (χ1) is 13.0. The van der Waals surface area contributed by atoms with Crippen molar-refractivity contribution in [3.05, 3.63) is 77.4 Å². The molecule has 3 nitrogen and oxygen atoms in total. The summed E-state index contributed by atoms with van der Waals surface area (Å²) in [5.74, 6) is 0.348. The molecule has 2 N–H and O–H groups in total. The van der Waals surface area contributed by atoms with Crippen LogP contribution >= 0.6 is 0 Å². The zero-order chi connectivity index (χ0) is 19.4. The van der Waals surface area contributed by atoms with Crippen molar-refractivity contribution < 1.29 is 4.79 Å². The Hall–Kier alpha value is -2.65. The van der Waals surface area contributed by atoms with Crippen molar-refractivity contribution in [3.8, 4) is 0 Å². The molecule has 0 saturated carbocycles. The van der Waals surface area contributed by atoms with E-state index in [1.807, 2.05) is 25.1 Å². The third-order valence-corrected chi connectivity index (χ3v) is 5.05. The minimum absolute atomic E-state index is 0.0155. The normalized spacial score (nSPS) is 12.3. The van der Waals surface area contributed by atoms with Crippen LogP contribution in [0.1, 0.15) is 49.4 Å². The third kappa shape index (κ3) is 4.37. The van der Waals surface area contributed by atoms with E-state index < -0.39 is 0 Å². The second-order valence-corrected chi connectivity index (χ2v) is 7.41. The second kappa shape index (κ2) is 8.36. The molecule has 0 unspecified atom stereocenters. The molecule has 0 aliphatic rings. The zero-order valence-electron chi connectivity index (χ0n) is 16.5. The summed E-state index contributed by atoms with van der Waals surface area (Å²) in [7, 11) is 0. The number of carbonyl (C=O) groups is 1. The summed E-state index contributed by atoms with van der Waals surface area (Å²) in [6.07, 6.45) is 0. The van der Waals surface area contributed by atoms with E-state index in [9.17, 15) is 4.79 Å². The van der Waals surface area contributed by atoms with Gasteiger partial charge in [-0.25, -0.2) is 0 Å². The Kier molecular flexibility index (Phi) is 5.92. The minimum atomic E-state index is -0.0155. The monoisotopic (exact) mass is 360 g/mol. The van der Waals surface area contributed by atoms with Crippen LogP contribution in [0.25, 0.3) is 10.8 Å². The SMILES string of the molecule is Cc1cccc(C(C)C)c1NC(=O)CN[C@@H](C)c1cccc2ccccc12. The maximum Gasteiger partial charge on any atom is 0.238 e. The molecule has 0 aliphatic carbocycles. The van der Waals surface area contributed by atoms with Gasteiger partial charge in [-0.05, 0) is 47.2 Å². The summed E-state index contributed by atoms with van der Waals surface area (Å²) < 4.78 is 0. The van der Waals surface area contributed by atoms with Crippen LogP contribution in [0.15, 0.2) is 60.7 Å². The van der Waals surface area contributed by atoms with Crippen LogP contribution in [-0.4, -0.2) is 12.5 Å². The molecule has 0 heterocycles. The molecule has 3 rings (SSSR count). The fourth-order valence-corrected chi connectivity index (χ4v) is 3.51. The summed E-state index contributed by atoms with van der Waals surface area (Å²) >= 11 is 0. The maximum absolute atomic E-state index is 12.6. The lowest BCUT2D eigenvalue weighted by Crippen LogP contribution is -2.30. The molecule has 0 bridgehead atoms. The number of hydrogen-bond donors (Lipinski definition) is 2. The van der Waals surface area contributed by atoms with Gasteiger partial charge in [-0.2, -0.15) is 0 Å². The fraction of sp³-hybridized carbons (Fsp3) is 0.292. The first kappa shape index (κ1) is 19.1. The Morgan fingerprint density at radius 1 is 0.889 bits per heavy atom. The van der Waals surface area contributed by atoms with Gasteiger partial charge in [0.2, 0.25) is 5.91 Å². The molecule has 3 heteroatoms. The maximum atomic E-state index is 12.6. The van der Waals surface area contributed by atoms with Crippen LogP contribution in [0.4, 0.5) is 5.69 Å². The van der Waals surface area contributed by atoms with Crippen molar-refractivity contribution in [1.82, 2.24) is 5.32 Å². The molecule has 0 aromatic heterocycles. The number of benzene rings is 3. The molecule has 0 aliphatic heterocycles. The van der Waals surface area contributed by atoms with Gasteiger partial charge < -0.3 is 10.6 Å². The molecular formula is C24H28N2O. The standard InChI is InChI=1S/C24H28N2O/c1-16(2)20-13-7-9-17(3)24(20)26-23(27)15-25-18(4)21-14-8-11-19-10-5-6-12-22(19)21/h5-14,16,18,25H,15H2,1-4H3,(H,26,27)/t18-/m0/s1. The van der Waals surface area contributed by atoms with Gasteiger partial charge in [0.25, 0.3) is 0 Å². The van der Waals surface area contributed by atoms with Crippen molar-refractivity contribution in [2.24, 2.45) is 0 Å². The van der Waals surface area contributed by atoms with Crippen molar-refractivity contribution in [2.75, 3.05) is 11.9 Å². The van der Waals surface area contributed by atoms with Crippen LogP contribution < -0.4 is 10.6 Å². The Bertz CT molecular complexity index is 941. The van der Waals surface area contributed by atoms with E-state index in [0.29, 0.717) is 5.92 Å². The number of fused-ring (bicyclic) bond motifs is 1. The number of nitrogens with one attached hydrogen (secondary N) is 2. The van der Waals surface area contributed by atoms with E-state index in [0.717, 1.165) is 11.3 Å². The van der Waals surface area contributed by atoms with E-state index in [4.69, 9.17) is 0 Å².